The Bertz CT molecular complexity index is 938. The minimum atomic E-state index is 0.471. The molecule has 124 valence electrons. The number of fused-ring (bicyclic) bond motifs is 1. The van der Waals surface area contributed by atoms with Crippen LogP contribution in [-0.4, -0.2) is 6.61 Å². The van der Waals surface area contributed by atoms with Gasteiger partial charge in [0.25, 0.3) is 0 Å². The van der Waals surface area contributed by atoms with Crippen molar-refractivity contribution in [1.82, 2.24) is 0 Å². The molecule has 0 radical (unpaired) electrons. The van der Waals surface area contributed by atoms with Crippen LogP contribution in [0.15, 0.2) is 66.7 Å². The van der Waals surface area contributed by atoms with Crippen LogP contribution in [0, 0.1) is 11.3 Å². The Morgan fingerprint density at radius 2 is 1.76 bits per heavy atom. The average molecular weight is 329 g/mol. The van der Waals surface area contributed by atoms with E-state index in [-0.39, 0.29) is 0 Å². The zero-order valence-electron chi connectivity index (χ0n) is 14.1. The van der Waals surface area contributed by atoms with Crippen molar-refractivity contribution in [3.05, 3.63) is 77.9 Å². The summed E-state index contributed by atoms with van der Waals surface area (Å²) in [4.78, 5) is 0. The standard InChI is InChI=1S/C22H19NO2/c1-2-24-22-15-17(6-5-13-23)10-12-21(22)25-16-18-9-11-19-7-3-4-8-20(19)14-18/h3-12,14-15H,2,16H2,1H3. The second-order valence-corrected chi connectivity index (χ2v) is 5.57. The molecular formula is C22H19NO2. The highest BCUT2D eigenvalue weighted by molar-refractivity contribution is 5.82. The number of ether oxygens (including phenoxy) is 2. The van der Waals surface area contributed by atoms with Crippen molar-refractivity contribution < 1.29 is 9.47 Å². The molecule has 0 atom stereocenters. The van der Waals surface area contributed by atoms with Crippen LogP contribution in [0.2, 0.25) is 0 Å². The summed E-state index contributed by atoms with van der Waals surface area (Å²) in [6, 6.07) is 22.2. The SMILES string of the molecule is CCOc1cc(C=CC#N)ccc1OCc1ccc2ccccc2c1. The van der Waals surface area contributed by atoms with Gasteiger partial charge >= 0.3 is 0 Å². The first-order chi connectivity index (χ1) is 12.3. The van der Waals surface area contributed by atoms with E-state index in [1.54, 1.807) is 6.08 Å². The summed E-state index contributed by atoms with van der Waals surface area (Å²) in [5.41, 5.74) is 2.01. The molecule has 0 aromatic heterocycles. The molecule has 0 N–H and O–H groups in total. The van der Waals surface area contributed by atoms with E-state index in [1.165, 1.54) is 16.8 Å². The van der Waals surface area contributed by atoms with Crippen LogP contribution < -0.4 is 9.47 Å². The van der Waals surface area contributed by atoms with Crippen LogP contribution in [0.5, 0.6) is 11.5 Å². The van der Waals surface area contributed by atoms with Crippen LogP contribution in [0.25, 0.3) is 16.8 Å². The maximum atomic E-state index is 8.65. The summed E-state index contributed by atoms with van der Waals surface area (Å²) in [6.45, 7) is 2.96. The van der Waals surface area contributed by atoms with Gasteiger partial charge in [0, 0.05) is 6.08 Å². The van der Waals surface area contributed by atoms with Gasteiger partial charge in [0.15, 0.2) is 11.5 Å². The summed E-state index contributed by atoms with van der Waals surface area (Å²) in [5, 5.41) is 11.1. The fourth-order valence-corrected chi connectivity index (χ4v) is 2.64. The van der Waals surface area contributed by atoms with Crippen molar-refractivity contribution in [3.8, 4) is 17.6 Å². The minimum Gasteiger partial charge on any atom is -0.490 e. The number of benzene rings is 3. The Kier molecular flexibility index (Phi) is 5.33. The molecule has 3 heteroatoms. The van der Waals surface area contributed by atoms with Gasteiger partial charge in [0.2, 0.25) is 0 Å². The van der Waals surface area contributed by atoms with Crippen molar-refractivity contribution in [2.45, 2.75) is 13.5 Å². The van der Waals surface area contributed by atoms with E-state index in [0.717, 1.165) is 11.1 Å². The second kappa shape index (κ2) is 8.03. The van der Waals surface area contributed by atoms with E-state index in [1.807, 2.05) is 43.3 Å². The summed E-state index contributed by atoms with van der Waals surface area (Å²) in [6.07, 6.45) is 3.19. The zero-order valence-corrected chi connectivity index (χ0v) is 14.1. The lowest BCUT2D eigenvalue weighted by Gasteiger charge is -2.13. The van der Waals surface area contributed by atoms with Crippen molar-refractivity contribution in [2.75, 3.05) is 6.61 Å². The molecule has 0 heterocycles. The van der Waals surface area contributed by atoms with Crippen LogP contribution in [-0.2, 0) is 6.61 Å². The van der Waals surface area contributed by atoms with E-state index in [9.17, 15) is 0 Å². The molecule has 25 heavy (non-hydrogen) atoms. The Hall–Kier alpha value is -3.25. The molecule has 3 nitrogen and oxygen atoms in total. The van der Waals surface area contributed by atoms with Crippen LogP contribution in [0.3, 0.4) is 0 Å². The number of hydrogen-bond donors (Lipinski definition) is 0. The van der Waals surface area contributed by atoms with Crippen LogP contribution in [0.1, 0.15) is 18.1 Å². The summed E-state index contributed by atoms with van der Waals surface area (Å²) in [7, 11) is 0. The van der Waals surface area contributed by atoms with Crippen molar-refractivity contribution in [1.29, 1.82) is 5.26 Å². The highest BCUT2D eigenvalue weighted by atomic mass is 16.5. The second-order valence-electron chi connectivity index (χ2n) is 5.57. The number of rotatable bonds is 6. The van der Waals surface area contributed by atoms with Crippen molar-refractivity contribution in [3.63, 3.8) is 0 Å². The van der Waals surface area contributed by atoms with E-state index >= 15 is 0 Å². The lowest BCUT2D eigenvalue weighted by Crippen LogP contribution is -2.00. The van der Waals surface area contributed by atoms with E-state index < -0.39 is 0 Å². The fourth-order valence-electron chi connectivity index (χ4n) is 2.64. The predicted octanol–water partition coefficient (Wildman–Crippen LogP) is 5.35. The molecule has 3 aromatic carbocycles. The van der Waals surface area contributed by atoms with E-state index in [4.69, 9.17) is 14.7 Å². The number of nitrogens with zero attached hydrogens (tertiary/aromatic N) is 1. The molecule has 0 fully saturated rings. The maximum Gasteiger partial charge on any atom is 0.161 e. The van der Waals surface area contributed by atoms with Gasteiger partial charge < -0.3 is 9.47 Å². The maximum absolute atomic E-state index is 8.65. The summed E-state index contributed by atoms with van der Waals surface area (Å²) >= 11 is 0. The van der Waals surface area contributed by atoms with Gasteiger partial charge in [0.1, 0.15) is 6.61 Å². The molecule has 3 aromatic rings. The molecule has 0 amide bonds. The zero-order chi connectivity index (χ0) is 17.5. The molecule has 0 aliphatic rings. The first kappa shape index (κ1) is 16.6. The molecule has 0 unspecified atom stereocenters. The molecule has 3 rings (SSSR count). The third kappa shape index (κ3) is 4.19. The quantitative estimate of drug-likeness (QED) is 0.572. The lowest BCUT2D eigenvalue weighted by molar-refractivity contribution is 0.269. The first-order valence-corrected chi connectivity index (χ1v) is 8.23. The minimum absolute atomic E-state index is 0.471. The number of hydrogen-bond acceptors (Lipinski definition) is 3. The lowest BCUT2D eigenvalue weighted by atomic mass is 10.1. The van der Waals surface area contributed by atoms with Gasteiger partial charge in [-0.15, -0.1) is 0 Å². The Morgan fingerprint density at radius 1 is 0.920 bits per heavy atom. The highest BCUT2D eigenvalue weighted by Crippen LogP contribution is 2.30. The summed E-state index contributed by atoms with van der Waals surface area (Å²) in [5.74, 6) is 1.38. The molecule has 0 bridgehead atoms. The van der Waals surface area contributed by atoms with Gasteiger partial charge in [-0.1, -0.05) is 42.5 Å². The van der Waals surface area contributed by atoms with Crippen molar-refractivity contribution >= 4 is 16.8 Å². The fraction of sp³-hybridized carbons (Fsp3) is 0.136. The number of allylic oxidation sites excluding steroid dienone is 1. The van der Waals surface area contributed by atoms with Gasteiger partial charge in [-0.2, -0.15) is 5.26 Å². The third-order valence-corrected chi connectivity index (χ3v) is 3.83. The van der Waals surface area contributed by atoms with E-state index in [2.05, 4.69) is 30.3 Å². The molecule has 0 spiro atoms. The predicted molar refractivity (Wildman–Crippen MR) is 101 cm³/mol. The van der Waals surface area contributed by atoms with Gasteiger partial charge in [0.05, 0.1) is 12.7 Å². The molecule has 0 aliphatic carbocycles. The van der Waals surface area contributed by atoms with Gasteiger partial charge in [-0.05, 0) is 53.1 Å². The Labute approximate surface area is 147 Å². The van der Waals surface area contributed by atoms with Crippen molar-refractivity contribution in [2.24, 2.45) is 0 Å². The van der Waals surface area contributed by atoms with Crippen LogP contribution in [0.4, 0.5) is 0 Å². The summed E-state index contributed by atoms with van der Waals surface area (Å²) < 4.78 is 11.6. The third-order valence-electron chi connectivity index (χ3n) is 3.83. The Morgan fingerprint density at radius 3 is 2.56 bits per heavy atom. The molecule has 0 aliphatic heterocycles. The highest BCUT2D eigenvalue weighted by Gasteiger charge is 2.06. The molecule has 0 saturated heterocycles. The number of nitriles is 1. The topological polar surface area (TPSA) is 42.2 Å². The largest absolute Gasteiger partial charge is 0.490 e. The van der Waals surface area contributed by atoms with Crippen LogP contribution >= 0.6 is 0 Å². The smallest absolute Gasteiger partial charge is 0.161 e. The van der Waals surface area contributed by atoms with E-state index in [0.29, 0.717) is 24.7 Å². The van der Waals surface area contributed by atoms with Gasteiger partial charge in [-0.25, -0.2) is 0 Å². The first-order valence-electron chi connectivity index (χ1n) is 8.23. The Balaban J connectivity index is 1.78. The normalized spacial score (nSPS) is 10.7. The van der Waals surface area contributed by atoms with Gasteiger partial charge in [-0.3, -0.25) is 0 Å². The monoisotopic (exact) mass is 329 g/mol. The average Bonchev–Trinajstić information content (AvgIpc) is 2.65. The molecular weight excluding hydrogens is 310 g/mol. The molecule has 0 saturated carbocycles.